The third-order valence-electron chi connectivity index (χ3n) is 6.44. The number of thioether (sulfide) groups is 1. The number of nitrogens with one attached hydrogen (secondary N) is 1. The number of hydrogen-bond donors (Lipinski definition) is 1. The SMILES string of the molecule is Cc1ccccc1Cc1c(C)nc2nc(SCC(=O)NCCN3CCCCCC3)nn2c1C. The Morgan fingerprint density at radius 2 is 1.82 bits per heavy atom. The van der Waals surface area contributed by atoms with Crippen molar-refractivity contribution in [3.63, 3.8) is 0 Å². The first kappa shape index (κ1) is 23.7. The van der Waals surface area contributed by atoms with Crippen LogP contribution in [0.25, 0.3) is 5.78 Å². The van der Waals surface area contributed by atoms with Crippen molar-refractivity contribution in [1.82, 2.24) is 29.8 Å². The number of amides is 1. The van der Waals surface area contributed by atoms with Crippen LogP contribution in [-0.4, -0.2) is 62.3 Å². The fourth-order valence-electron chi connectivity index (χ4n) is 4.40. The van der Waals surface area contributed by atoms with Gasteiger partial charge in [0.05, 0.1) is 5.75 Å². The molecule has 1 aliphatic rings. The monoisotopic (exact) mass is 466 g/mol. The number of benzene rings is 1. The molecule has 176 valence electrons. The van der Waals surface area contributed by atoms with Crippen molar-refractivity contribution in [2.75, 3.05) is 31.9 Å². The molecule has 1 N–H and O–H groups in total. The Morgan fingerprint density at radius 3 is 2.58 bits per heavy atom. The molecule has 1 aliphatic heterocycles. The minimum absolute atomic E-state index is 0.0229. The molecular weight excluding hydrogens is 432 g/mol. The lowest BCUT2D eigenvalue weighted by Gasteiger charge is -2.19. The molecule has 0 unspecified atom stereocenters. The van der Waals surface area contributed by atoms with Gasteiger partial charge in [-0.15, -0.1) is 5.10 Å². The number of hydrogen-bond acceptors (Lipinski definition) is 6. The van der Waals surface area contributed by atoms with Crippen LogP contribution in [0.2, 0.25) is 0 Å². The molecule has 1 saturated heterocycles. The van der Waals surface area contributed by atoms with E-state index in [-0.39, 0.29) is 5.91 Å². The summed E-state index contributed by atoms with van der Waals surface area (Å²) in [7, 11) is 0. The van der Waals surface area contributed by atoms with E-state index in [0.29, 0.717) is 23.2 Å². The summed E-state index contributed by atoms with van der Waals surface area (Å²) in [4.78, 5) is 24.0. The summed E-state index contributed by atoms with van der Waals surface area (Å²) in [6, 6.07) is 8.43. The zero-order chi connectivity index (χ0) is 23.2. The van der Waals surface area contributed by atoms with Crippen molar-refractivity contribution in [3.8, 4) is 0 Å². The van der Waals surface area contributed by atoms with Gasteiger partial charge in [0.15, 0.2) is 0 Å². The zero-order valence-electron chi connectivity index (χ0n) is 19.9. The predicted molar refractivity (Wildman–Crippen MR) is 133 cm³/mol. The van der Waals surface area contributed by atoms with E-state index in [2.05, 4.69) is 63.4 Å². The highest BCUT2D eigenvalue weighted by molar-refractivity contribution is 7.99. The second kappa shape index (κ2) is 11.1. The third-order valence-corrected chi connectivity index (χ3v) is 7.28. The third kappa shape index (κ3) is 6.12. The maximum atomic E-state index is 12.3. The fraction of sp³-hybridized carbons (Fsp3) is 0.520. The lowest BCUT2D eigenvalue weighted by atomic mass is 9.99. The molecule has 0 saturated carbocycles. The Kier molecular flexibility index (Phi) is 7.98. The van der Waals surface area contributed by atoms with Gasteiger partial charge in [-0.05, 0) is 63.4 Å². The van der Waals surface area contributed by atoms with Crippen LogP contribution < -0.4 is 5.32 Å². The van der Waals surface area contributed by atoms with Crippen molar-refractivity contribution in [2.45, 2.75) is 58.0 Å². The highest BCUT2D eigenvalue weighted by Gasteiger charge is 2.16. The molecule has 1 aromatic carbocycles. The van der Waals surface area contributed by atoms with Crippen LogP contribution in [-0.2, 0) is 11.2 Å². The van der Waals surface area contributed by atoms with Crippen molar-refractivity contribution in [1.29, 1.82) is 0 Å². The molecule has 33 heavy (non-hydrogen) atoms. The van der Waals surface area contributed by atoms with Crippen LogP contribution in [0.1, 0.15) is 53.8 Å². The molecule has 0 aliphatic carbocycles. The number of aromatic nitrogens is 4. The summed E-state index contributed by atoms with van der Waals surface area (Å²) in [5.41, 5.74) is 5.74. The van der Waals surface area contributed by atoms with Crippen molar-refractivity contribution in [3.05, 3.63) is 52.3 Å². The van der Waals surface area contributed by atoms with E-state index in [1.807, 2.05) is 6.92 Å². The van der Waals surface area contributed by atoms with Gasteiger partial charge in [-0.2, -0.15) is 4.98 Å². The first-order valence-corrected chi connectivity index (χ1v) is 12.9. The quantitative estimate of drug-likeness (QED) is 0.510. The number of nitrogens with zero attached hydrogens (tertiary/aromatic N) is 5. The normalized spacial score (nSPS) is 15.0. The Hall–Kier alpha value is -2.45. The molecule has 0 bridgehead atoms. The Labute approximate surface area is 200 Å². The van der Waals surface area contributed by atoms with Gasteiger partial charge in [-0.25, -0.2) is 9.50 Å². The summed E-state index contributed by atoms with van der Waals surface area (Å²) in [6.07, 6.45) is 6.00. The molecule has 4 rings (SSSR count). The van der Waals surface area contributed by atoms with Gasteiger partial charge in [0.1, 0.15) is 0 Å². The standard InChI is InChI=1S/C25H34N6OS/c1-18-10-6-7-11-21(18)16-22-19(2)27-24-28-25(29-31(24)20(22)3)33-17-23(32)26-12-15-30-13-8-4-5-9-14-30/h6-7,10-11H,4-5,8-9,12-17H2,1-3H3,(H,26,32). The Morgan fingerprint density at radius 1 is 1.06 bits per heavy atom. The summed E-state index contributed by atoms with van der Waals surface area (Å²) >= 11 is 1.36. The van der Waals surface area contributed by atoms with Gasteiger partial charge in [0.2, 0.25) is 11.1 Å². The number of carbonyl (C=O) groups is 1. The maximum Gasteiger partial charge on any atom is 0.253 e. The van der Waals surface area contributed by atoms with Gasteiger partial charge in [-0.1, -0.05) is 48.9 Å². The molecule has 2 aromatic heterocycles. The largest absolute Gasteiger partial charge is 0.354 e. The summed E-state index contributed by atoms with van der Waals surface area (Å²) in [5, 5.41) is 8.25. The van der Waals surface area contributed by atoms with Crippen LogP contribution >= 0.6 is 11.8 Å². The van der Waals surface area contributed by atoms with Crippen LogP contribution in [0.15, 0.2) is 29.4 Å². The Balaban J connectivity index is 1.35. The summed E-state index contributed by atoms with van der Waals surface area (Å²) < 4.78 is 1.81. The van der Waals surface area contributed by atoms with Gasteiger partial charge >= 0.3 is 0 Å². The minimum Gasteiger partial charge on any atom is -0.354 e. The molecule has 1 fully saturated rings. The second-order valence-corrected chi connectivity index (χ2v) is 9.81. The van der Waals surface area contributed by atoms with Gasteiger partial charge in [-0.3, -0.25) is 4.79 Å². The maximum absolute atomic E-state index is 12.3. The first-order chi connectivity index (χ1) is 16.0. The van der Waals surface area contributed by atoms with Crippen LogP contribution in [0, 0.1) is 20.8 Å². The number of rotatable bonds is 8. The summed E-state index contributed by atoms with van der Waals surface area (Å²) in [5.74, 6) is 0.919. The molecule has 3 heterocycles. The molecule has 0 radical (unpaired) electrons. The number of fused-ring (bicyclic) bond motifs is 1. The van der Waals surface area contributed by atoms with E-state index in [1.165, 1.54) is 54.1 Å². The smallest absolute Gasteiger partial charge is 0.253 e. The van der Waals surface area contributed by atoms with Crippen LogP contribution in [0.4, 0.5) is 0 Å². The minimum atomic E-state index is 0.0229. The molecule has 3 aromatic rings. The molecular formula is C25H34N6OS. The molecule has 7 nitrogen and oxygen atoms in total. The predicted octanol–water partition coefficient (Wildman–Crippen LogP) is 3.72. The van der Waals surface area contributed by atoms with Crippen molar-refractivity contribution >= 4 is 23.4 Å². The lowest BCUT2D eigenvalue weighted by molar-refractivity contribution is -0.118. The van der Waals surface area contributed by atoms with E-state index in [1.54, 1.807) is 4.52 Å². The molecule has 0 spiro atoms. The second-order valence-electron chi connectivity index (χ2n) is 8.87. The van der Waals surface area contributed by atoms with Crippen molar-refractivity contribution in [2.24, 2.45) is 0 Å². The molecule has 0 atom stereocenters. The fourth-order valence-corrected chi connectivity index (χ4v) is 5.05. The average molecular weight is 467 g/mol. The molecule has 1 amide bonds. The number of likely N-dealkylation sites (tertiary alicyclic amines) is 1. The summed E-state index contributed by atoms with van der Waals surface area (Å²) in [6.45, 7) is 10.1. The number of aryl methyl sites for hydroxylation is 3. The van der Waals surface area contributed by atoms with E-state index in [0.717, 1.165) is 37.4 Å². The van der Waals surface area contributed by atoms with Gasteiger partial charge < -0.3 is 10.2 Å². The lowest BCUT2D eigenvalue weighted by Crippen LogP contribution is -2.36. The number of carbonyl (C=O) groups excluding carboxylic acids is 1. The zero-order valence-corrected chi connectivity index (χ0v) is 20.7. The van der Waals surface area contributed by atoms with E-state index >= 15 is 0 Å². The van der Waals surface area contributed by atoms with Crippen LogP contribution in [0.3, 0.4) is 0 Å². The van der Waals surface area contributed by atoms with Gasteiger partial charge in [0.25, 0.3) is 5.78 Å². The average Bonchev–Trinajstić information content (AvgIpc) is 3.02. The molecule has 8 heteroatoms. The highest BCUT2D eigenvalue weighted by atomic mass is 32.2. The topological polar surface area (TPSA) is 75.4 Å². The van der Waals surface area contributed by atoms with Gasteiger partial charge in [0, 0.05) is 30.9 Å². The Bertz CT molecular complexity index is 1100. The van der Waals surface area contributed by atoms with E-state index in [9.17, 15) is 4.79 Å². The first-order valence-electron chi connectivity index (χ1n) is 11.9. The van der Waals surface area contributed by atoms with Crippen LogP contribution in [0.5, 0.6) is 0 Å². The van der Waals surface area contributed by atoms with E-state index in [4.69, 9.17) is 0 Å². The highest BCUT2D eigenvalue weighted by Crippen LogP contribution is 2.21. The van der Waals surface area contributed by atoms with E-state index < -0.39 is 0 Å². The van der Waals surface area contributed by atoms with Crippen molar-refractivity contribution < 1.29 is 4.79 Å².